The summed E-state index contributed by atoms with van der Waals surface area (Å²) in [7, 11) is -2.88. The molecule has 2 atom stereocenters. The Morgan fingerprint density at radius 2 is 1.90 bits per heavy atom. The topological polar surface area (TPSA) is 87.2 Å². The second-order valence-electron chi connectivity index (χ2n) is 7.61. The van der Waals surface area contributed by atoms with E-state index in [0.29, 0.717) is 23.8 Å². The summed E-state index contributed by atoms with van der Waals surface area (Å²) < 4.78 is 72.4. The van der Waals surface area contributed by atoms with Gasteiger partial charge < -0.3 is 9.84 Å². The minimum Gasteiger partial charge on any atom is -0.481 e. The number of halogens is 3. The first-order chi connectivity index (χ1) is 14.4. The Labute approximate surface area is 178 Å². The van der Waals surface area contributed by atoms with Crippen molar-refractivity contribution >= 4 is 16.0 Å². The first-order valence-electron chi connectivity index (χ1n) is 9.50. The molecule has 2 aromatic rings. The summed E-state index contributed by atoms with van der Waals surface area (Å²) in [5.74, 6) is -1.36. The number of carboxylic acid groups (broad SMARTS) is 1. The largest absolute Gasteiger partial charge is 0.481 e. The molecule has 1 saturated heterocycles. The Balaban J connectivity index is 2.06. The Kier molecular flexibility index (Phi) is 6.45. The van der Waals surface area contributed by atoms with Crippen LogP contribution in [-0.2, 0) is 25.7 Å². The molecule has 168 valence electrons. The summed E-state index contributed by atoms with van der Waals surface area (Å²) in [5, 5.41) is 9.00. The van der Waals surface area contributed by atoms with Gasteiger partial charge in [-0.3, -0.25) is 4.79 Å². The standard InChI is InChI=1S/C21H22F3NO5S/c1-13(6-20(26)27)14-4-3-5-15(7-14)16-8-17(21(22,23)24)10-19(9-16)31(28,29)25(2)11-18-12-30-18/h3-5,7-10,13,18H,6,11-12H2,1-2H3,(H,26,27)/t13-,18?/m0/s1. The average molecular weight is 457 g/mol. The van der Waals surface area contributed by atoms with Gasteiger partial charge in [0.1, 0.15) is 0 Å². The van der Waals surface area contributed by atoms with Crippen molar-refractivity contribution < 1.29 is 36.2 Å². The van der Waals surface area contributed by atoms with Crippen LogP contribution in [0.1, 0.15) is 30.4 Å². The summed E-state index contributed by atoms with van der Waals surface area (Å²) >= 11 is 0. The molecule has 1 unspecified atom stereocenters. The van der Waals surface area contributed by atoms with Crippen molar-refractivity contribution in [1.82, 2.24) is 4.31 Å². The normalized spacial score (nSPS) is 17.5. The van der Waals surface area contributed by atoms with Gasteiger partial charge in [-0.2, -0.15) is 17.5 Å². The van der Waals surface area contributed by atoms with Gasteiger partial charge in [-0.05, 0) is 40.8 Å². The molecule has 1 heterocycles. The van der Waals surface area contributed by atoms with Gasteiger partial charge in [0, 0.05) is 13.6 Å². The quantitative estimate of drug-likeness (QED) is 0.606. The highest BCUT2D eigenvalue weighted by molar-refractivity contribution is 7.89. The monoisotopic (exact) mass is 457 g/mol. The molecule has 3 rings (SSSR count). The lowest BCUT2D eigenvalue weighted by Gasteiger charge is -2.19. The molecule has 1 aliphatic rings. The zero-order valence-corrected chi connectivity index (χ0v) is 17.7. The molecular formula is C21H22F3NO5S. The maximum absolute atomic E-state index is 13.5. The summed E-state index contributed by atoms with van der Waals surface area (Å²) in [5.41, 5.74) is -0.00679. The van der Waals surface area contributed by atoms with E-state index in [0.717, 1.165) is 10.4 Å². The number of carbonyl (C=O) groups is 1. The molecule has 0 saturated carbocycles. The van der Waals surface area contributed by atoms with E-state index in [9.17, 15) is 26.4 Å². The number of benzene rings is 2. The molecule has 1 aliphatic heterocycles. The molecule has 1 fully saturated rings. The molecule has 10 heteroatoms. The van der Waals surface area contributed by atoms with Crippen molar-refractivity contribution in [1.29, 1.82) is 0 Å². The molecule has 1 N–H and O–H groups in total. The minimum absolute atomic E-state index is 0.0517. The lowest BCUT2D eigenvalue weighted by molar-refractivity contribution is -0.138. The smallest absolute Gasteiger partial charge is 0.416 e. The van der Waals surface area contributed by atoms with Crippen molar-refractivity contribution in [3.8, 4) is 11.1 Å². The van der Waals surface area contributed by atoms with Crippen molar-refractivity contribution in [2.24, 2.45) is 0 Å². The predicted octanol–water partition coefficient (Wildman–Crippen LogP) is 3.97. The zero-order chi connectivity index (χ0) is 23.0. The number of epoxide rings is 1. The zero-order valence-electron chi connectivity index (χ0n) is 16.9. The van der Waals surface area contributed by atoms with E-state index in [1.165, 1.54) is 13.1 Å². The number of rotatable bonds is 8. The number of aliphatic carboxylic acids is 1. The molecule has 0 amide bonds. The van der Waals surface area contributed by atoms with Crippen LogP contribution in [-0.4, -0.2) is 50.1 Å². The molecule has 0 aromatic heterocycles. The maximum atomic E-state index is 13.5. The van der Waals surface area contributed by atoms with Gasteiger partial charge in [-0.25, -0.2) is 8.42 Å². The molecule has 0 spiro atoms. The SMILES string of the molecule is C[C@@H](CC(=O)O)c1cccc(-c2cc(C(F)(F)F)cc(S(=O)(=O)N(C)CC3CO3)c2)c1. The summed E-state index contributed by atoms with van der Waals surface area (Å²) in [6, 6.07) is 9.16. The fraction of sp³-hybridized carbons (Fsp3) is 0.381. The summed E-state index contributed by atoms with van der Waals surface area (Å²) in [6.45, 7) is 2.16. The van der Waals surface area contributed by atoms with Crippen LogP contribution in [0, 0.1) is 0 Å². The second-order valence-corrected chi connectivity index (χ2v) is 9.65. The fourth-order valence-corrected chi connectivity index (χ4v) is 4.50. The molecule has 0 aliphatic carbocycles. The lowest BCUT2D eigenvalue weighted by Crippen LogP contribution is -2.30. The predicted molar refractivity (Wildman–Crippen MR) is 107 cm³/mol. The van der Waals surface area contributed by atoms with Gasteiger partial charge in [0.25, 0.3) is 0 Å². The van der Waals surface area contributed by atoms with Crippen LogP contribution in [0.5, 0.6) is 0 Å². The first kappa shape index (κ1) is 23.2. The number of ether oxygens (including phenoxy) is 1. The van der Waals surface area contributed by atoms with Crippen molar-refractivity contribution in [3.63, 3.8) is 0 Å². The van der Waals surface area contributed by atoms with Gasteiger partial charge in [-0.15, -0.1) is 0 Å². The van der Waals surface area contributed by atoms with E-state index in [4.69, 9.17) is 9.84 Å². The van der Waals surface area contributed by atoms with Gasteiger partial charge >= 0.3 is 12.1 Å². The van der Waals surface area contributed by atoms with Crippen LogP contribution in [0.4, 0.5) is 13.2 Å². The van der Waals surface area contributed by atoms with E-state index in [1.807, 2.05) is 0 Å². The fourth-order valence-electron chi connectivity index (χ4n) is 3.22. The Hall–Kier alpha value is -2.43. The second kappa shape index (κ2) is 8.60. The Morgan fingerprint density at radius 1 is 1.23 bits per heavy atom. The molecular weight excluding hydrogens is 435 g/mol. The minimum atomic E-state index is -4.74. The number of hydrogen-bond donors (Lipinski definition) is 1. The van der Waals surface area contributed by atoms with Gasteiger partial charge in [0.2, 0.25) is 10.0 Å². The number of alkyl halides is 3. The summed E-state index contributed by atoms with van der Waals surface area (Å²) in [6.07, 6.45) is -5.13. The molecule has 2 aromatic carbocycles. The van der Waals surface area contributed by atoms with E-state index in [2.05, 4.69) is 0 Å². The van der Waals surface area contributed by atoms with Crippen LogP contribution < -0.4 is 0 Å². The highest BCUT2D eigenvalue weighted by Crippen LogP contribution is 2.36. The highest BCUT2D eigenvalue weighted by Gasteiger charge is 2.35. The van der Waals surface area contributed by atoms with Crippen LogP contribution in [0.25, 0.3) is 11.1 Å². The molecule has 6 nitrogen and oxygen atoms in total. The van der Waals surface area contributed by atoms with Crippen molar-refractivity contribution in [2.45, 2.75) is 36.4 Å². The van der Waals surface area contributed by atoms with Crippen LogP contribution >= 0.6 is 0 Å². The van der Waals surface area contributed by atoms with Gasteiger partial charge in [-0.1, -0.05) is 31.2 Å². The average Bonchev–Trinajstić information content (AvgIpc) is 3.50. The number of sulfonamides is 1. The lowest BCUT2D eigenvalue weighted by atomic mass is 9.93. The van der Waals surface area contributed by atoms with Crippen molar-refractivity contribution in [3.05, 3.63) is 53.6 Å². The van der Waals surface area contributed by atoms with Crippen LogP contribution in [0.15, 0.2) is 47.4 Å². The Morgan fingerprint density at radius 3 is 2.48 bits per heavy atom. The number of carboxylic acids is 1. The van der Waals surface area contributed by atoms with Crippen molar-refractivity contribution in [2.75, 3.05) is 20.2 Å². The molecule has 31 heavy (non-hydrogen) atoms. The van der Waals surface area contributed by atoms with Crippen LogP contribution in [0.3, 0.4) is 0 Å². The molecule has 0 radical (unpaired) electrons. The third-order valence-electron chi connectivity index (χ3n) is 5.07. The van der Waals surface area contributed by atoms with E-state index < -0.39 is 32.6 Å². The third-order valence-corrected chi connectivity index (χ3v) is 6.88. The van der Waals surface area contributed by atoms with E-state index in [1.54, 1.807) is 31.2 Å². The van der Waals surface area contributed by atoms with E-state index >= 15 is 0 Å². The number of likely N-dealkylation sites (N-methyl/N-ethyl adjacent to an activating group) is 1. The van der Waals surface area contributed by atoms with Crippen LogP contribution in [0.2, 0.25) is 0 Å². The summed E-state index contributed by atoms with van der Waals surface area (Å²) in [4.78, 5) is 10.5. The number of nitrogens with zero attached hydrogens (tertiary/aromatic N) is 1. The molecule has 0 bridgehead atoms. The first-order valence-corrected chi connectivity index (χ1v) is 10.9. The van der Waals surface area contributed by atoms with Gasteiger partial charge in [0.15, 0.2) is 0 Å². The van der Waals surface area contributed by atoms with E-state index in [-0.39, 0.29) is 30.6 Å². The third kappa shape index (κ3) is 5.63. The maximum Gasteiger partial charge on any atom is 0.416 e. The van der Waals surface area contributed by atoms with Gasteiger partial charge in [0.05, 0.1) is 29.6 Å². The number of hydrogen-bond acceptors (Lipinski definition) is 4. The highest BCUT2D eigenvalue weighted by atomic mass is 32.2. The Bertz CT molecular complexity index is 1080.